The van der Waals surface area contributed by atoms with Crippen LogP contribution in [0.25, 0.3) is 22.6 Å². The molecule has 3 heterocycles. The van der Waals surface area contributed by atoms with Gasteiger partial charge in [0.2, 0.25) is 0 Å². The van der Waals surface area contributed by atoms with Gasteiger partial charge in [0.15, 0.2) is 5.65 Å². The van der Waals surface area contributed by atoms with Crippen LogP contribution >= 0.6 is 11.6 Å². The Morgan fingerprint density at radius 1 is 1.16 bits per heavy atom. The summed E-state index contributed by atoms with van der Waals surface area (Å²) in [6, 6.07) is 6.83. The molecule has 3 aromatic rings. The van der Waals surface area contributed by atoms with Gasteiger partial charge in [-0.3, -0.25) is 5.32 Å². The first-order valence-corrected chi connectivity index (χ1v) is 10.5. The van der Waals surface area contributed by atoms with Crippen molar-refractivity contribution < 1.29 is 14.3 Å². The van der Waals surface area contributed by atoms with Crippen LogP contribution in [0.2, 0.25) is 5.02 Å². The van der Waals surface area contributed by atoms with E-state index in [1.54, 1.807) is 43.0 Å². The van der Waals surface area contributed by atoms with Gasteiger partial charge in [0, 0.05) is 24.3 Å². The number of nitrogens with zero attached hydrogens (tertiary/aromatic N) is 3. The largest absolute Gasteiger partial charge is 0.447 e. The SMILES string of the molecule is CC(C)OC(=O)Nc1cnc2nc(-c3cc(NC(=O)N4CCCC4)ccc3Cl)[nH]c2c1. The van der Waals surface area contributed by atoms with E-state index in [-0.39, 0.29) is 12.1 Å². The summed E-state index contributed by atoms with van der Waals surface area (Å²) in [6.07, 6.45) is 2.77. The summed E-state index contributed by atoms with van der Waals surface area (Å²) >= 11 is 6.39. The number of anilines is 2. The van der Waals surface area contributed by atoms with E-state index in [1.807, 2.05) is 0 Å². The number of carbonyl (C=O) groups is 2. The van der Waals surface area contributed by atoms with Crippen LogP contribution in [0, 0.1) is 0 Å². The van der Waals surface area contributed by atoms with Crippen LogP contribution in [0.15, 0.2) is 30.5 Å². The predicted octanol–water partition coefficient (Wildman–Crippen LogP) is 4.86. The van der Waals surface area contributed by atoms with Crippen LogP contribution < -0.4 is 10.6 Å². The lowest BCUT2D eigenvalue weighted by Gasteiger charge is -2.16. The number of aromatic nitrogens is 3. The fourth-order valence-corrected chi connectivity index (χ4v) is 3.57. The van der Waals surface area contributed by atoms with Crippen molar-refractivity contribution in [2.24, 2.45) is 0 Å². The Bertz CT molecular complexity index is 1120. The Morgan fingerprint density at radius 2 is 1.94 bits per heavy atom. The summed E-state index contributed by atoms with van der Waals surface area (Å²) in [4.78, 5) is 37.9. The summed E-state index contributed by atoms with van der Waals surface area (Å²) in [5.74, 6) is 0.506. The number of aromatic amines is 1. The molecule has 0 saturated carbocycles. The third-order valence-corrected chi connectivity index (χ3v) is 5.12. The van der Waals surface area contributed by atoms with Gasteiger partial charge in [0.1, 0.15) is 5.82 Å². The topological polar surface area (TPSA) is 112 Å². The Labute approximate surface area is 184 Å². The Balaban J connectivity index is 1.56. The van der Waals surface area contributed by atoms with Gasteiger partial charge >= 0.3 is 12.1 Å². The van der Waals surface area contributed by atoms with Gasteiger partial charge in [0.05, 0.1) is 28.5 Å². The van der Waals surface area contributed by atoms with E-state index < -0.39 is 6.09 Å². The molecule has 2 aromatic heterocycles. The van der Waals surface area contributed by atoms with Crippen LogP contribution in [0.3, 0.4) is 0 Å². The second-order valence-corrected chi connectivity index (χ2v) is 7.99. The van der Waals surface area contributed by atoms with Gasteiger partial charge in [-0.15, -0.1) is 0 Å². The summed E-state index contributed by atoms with van der Waals surface area (Å²) in [5, 5.41) is 6.03. The van der Waals surface area contributed by atoms with Crippen molar-refractivity contribution in [2.45, 2.75) is 32.8 Å². The van der Waals surface area contributed by atoms with Crippen molar-refractivity contribution in [3.8, 4) is 11.4 Å². The number of imidazole rings is 1. The molecule has 4 rings (SSSR count). The molecule has 3 N–H and O–H groups in total. The van der Waals surface area contributed by atoms with E-state index in [4.69, 9.17) is 16.3 Å². The molecule has 0 atom stereocenters. The molecule has 1 fully saturated rings. The van der Waals surface area contributed by atoms with Crippen molar-refractivity contribution >= 4 is 46.3 Å². The maximum absolute atomic E-state index is 12.4. The van der Waals surface area contributed by atoms with Gasteiger partial charge in [0.25, 0.3) is 0 Å². The number of likely N-dealkylation sites (tertiary alicyclic amines) is 1. The molecule has 0 spiro atoms. The number of hydrogen-bond acceptors (Lipinski definition) is 5. The number of halogens is 1. The predicted molar refractivity (Wildman–Crippen MR) is 119 cm³/mol. The van der Waals surface area contributed by atoms with Gasteiger partial charge in [-0.25, -0.2) is 19.6 Å². The highest BCUT2D eigenvalue weighted by Crippen LogP contribution is 2.30. The second kappa shape index (κ2) is 8.81. The molecule has 1 aromatic carbocycles. The van der Waals surface area contributed by atoms with Crippen LogP contribution in [-0.2, 0) is 4.74 Å². The lowest BCUT2D eigenvalue weighted by molar-refractivity contribution is 0.130. The number of nitrogens with one attached hydrogen (secondary N) is 3. The molecule has 1 aliphatic rings. The van der Waals surface area contributed by atoms with Crippen molar-refractivity contribution in [2.75, 3.05) is 23.7 Å². The van der Waals surface area contributed by atoms with Crippen molar-refractivity contribution in [1.82, 2.24) is 19.9 Å². The van der Waals surface area contributed by atoms with Gasteiger partial charge in [-0.05, 0) is 51.0 Å². The van der Waals surface area contributed by atoms with Crippen molar-refractivity contribution in [3.05, 3.63) is 35.5 Å². The van der Waals surface area contributed by atoms with Crippen LogP contribution in [0.4, 0.5) is 21.0 Å². The van der Waals surface area contributed by atoms with Gasteiger partial charge in [-0.1, -0.05) is 11.6 Å². The van der Waals surface area contributed by atoms with Gasteiger partial charge < -0.3 is 19.9 Å². The summed E-state index contributed by atoms with van der Waals surface area (Å²) < 4.78 is 5.08. The highest BCUT2D eigenvalue weighted by molar-refractivity contribution is 6.33. The molecule has 0 bridgehead atoms. The zero-order chi connectivity index (χ0) is 22.0. The lowest BCUT2D eigenvalue weighted by Crippen LogP contribution is -2.32. The summed E-state index contributed by atoms with van der Waals surface area (Å²) in [7, 11) is 0. The van der Waals surface area contributed by atoms with Crippen LogP contribution in [-0.4, -0.2) is 51.2 Å². The minimum atomic E-state index is -0.555. The fraction of sp³-hybridized carbons (Fsp3) is 0.333. The average Bonchev–Trinajstić information content (AvgIpc) is 3.38. The number of benzene rings is 1. The molecule has 0 radical (unpaired) electrons. The molecular formula is C21H23ClN6O3. The first-order valence-electron chi connectivity index (χ1n) is 10.1. The molecule has 31 heavy (non-hydrogen) atoms. The number of rotatable bonds is 4. The lowest BCUT2D eigenvalue weighted by atomic mass is 10.2. The van der Waals surface area contributed by atoms with Gasteiger partial charge in [-0.2, -0.15) is 0 Å². The molecule has 1 saturated heterocycles. The second-order valence-electron chi connectivity index (χ2n) is 7.58. The first-order chi connectivity index (χ1) is 14.9. The van der Waals surface area contributed by atoms with Crippen molar-refractivity contribution in [3.63, 3.8) is 0 Å². The monoisotopic (exact) mass is 442 g/mol. The molecule has 0 aliphatic carbocycles. The van der Waals surface area contributed by atoms with E-state index in [0.717, 1.165) is 25.9 Å². The molecule has 9 nitrogen and oxygen atoms in total. The Hall–Kier alpha value is -3.33. The van der Waals surface area contributed by atoms with Crippen molar-refractivity contribution in [1.29, 1.82) is 0 Å². The van der Waals surface area contributed by atoms with E-state index in [1.165, 1.54) is 6.20 Å². The maximum atomic E-state index is 12.4. The van der Waals surface area contributed by atoms with E-state index >= 15 is 0 Å². The Morgan fingerprint density at radius 3 is 2.68 bits per heavy atom. The normalized spacial score (nSPS) is 13.6. The quantitative estimate of drug-likeness (QED) is 0.534. The highest BCUT2D eigenvalue weighted by atomic mass is 35.5. The van der Waals surface area contributed by atoms with Crippen LogP contribution in [0.1, 0.15) is 26.7 Å². The minimum absolute atomic E-state index is 0.124. The fourth-order valence-electron chi connectivity index (χ4n) is 3.36. The third kappa shape index (κ3) is 4.88. The number of amides is 3. The molecule has 3 amide bonds. The molecule has 162 valence electrons. The minimum Gasteiger partial charge on any atom is -0.447 e. The Kier molecular flexibility index (Phi) is 5.94. The maximum Gasteiger partial charge on any atom is 0.411 e. The number of H-pyrrole nitrogens is 1. The van der Waals surface area contributed by atoms with E-state index in [9.17, 15) is 9.59 Å². The summed E-state index contributed by atoms with van der Waals surface area (Å²) in [5.41, 5.74) is 2.84. The zero-order valence-corrected chi connectivity index (χ0v) is 18.0. The summed E-state index contributed by atoms with van der Waals surface area (Å²) in [6.45, 7) is 5.08. The standard InChI is InChI=1S/C21H23ClN6O3/c1-12(2)31-21(30)25-14-10-17-19(23-11-14)27-18(26-17)15-9-13(5-6-16(15)22)24-20(29)28-7-3-4-8-28/h5-6,9-12H,3-4,7-8H2,1-2H3,(H,24,29)(H,25,30)(H,23,26,27). The average molecular weight is 443 g/mol. The first kappa shape index (κ1) is 20.9. The number of hydrogen-bond donors (Lipinski definition) is 3. The smallest absolute Gasteiger partial charge is 0.411 e. The van der Waals surface area contributed by atoms with E-state index in [2.05, 4.69) is 25.6 Å². The van der Waals surface area contributed by atoms with E-state index in [0.29, 0.717) is 38.9 Å². The highest BCUT2D eigenvalue weighted by Gasteiger charge is 2.19. The number of urea groups is 1. The van der Waals surface area contributed by atoms with Crippen LogP contribution in [0.5, 0.6) is 0 Å². The molecular weight excluding hydrogens is 420 g/mol. The number of pyridine rings is 1. The number of ether oxygens (including phenoxy) is 1. The number of carbonyl (C=O) groups excluding carboxylic acids is 2. The number of fused-ring (bicyclic) bond motifs is 1. The zero-order valence-electron chi connectivity index (χ0n) is 17.2. The third-order valence-electron chi connectivity index (χ3n) is 4.79. The molecule has 0 unspecified atom stereocenters. The molecule has 10 heteroatoms. The molecule has 1 aliphatic heterocycles.